The van der Waals surface area contributed by atoms with Crippen LogP contribution >= 0.6 is 0 Å². The van der Waals surface area contributed by atoms with Crippen LogP contribution in [0.1, 0.15) is 34.7 Å². The van der Waals surface area contributed by atoms with Gasteiger partial charge in [0.1, 0.15) is 5.75 Å². The summed E-state index contributed by atoms with van der Waals surface area (Å²) in [4.78, 5) is 21.2. The Balaban J connectivity index is 1.42. The summed E-state index contributed by atoms with van der Waals surface area (Å²) in [6.45, 7) is 11.5. The molecule has 1 aliphatic rings. The number of piperazine rings is 1. The van der Waals surface area contributed by atoms with Gasteiger partial charge in [-0.05, 0) is 37.0 Å². The third-order valence-electron chi connectivity index (χ3n) is 5.70. The van der Waals surface area contributed by atoms with Gasteiger partial charge in [0.05, 0.1) is 19.3 Å². The zero-order valence-electron chi connectivity index (χ0n) is 18.4. The smallest absolute Gasteiger partial charge is 0.187 e. The van der Waals surface area contributed by atoms with Crippen LogP contribution in [-0.2, 0) is 24.3 Å². The van der Waals surface area contributed by atoms with Gasteiger partial charge in [0.25, 0.3) is 0 Å². The number of benzene rings is 2. The maximum absolute atomic E-state index is 12.3. The lowest BCUT2D eigenvalue weighted by atomic mass is 10.1. The molecule has 5 nitrogen and oxygen atoms in total. The van der Waals surface area contributed by atoms with E-state index in [1.807, 2.05) is 26.0 Å². The first kappa shape index (κ1) is 22.2. The number of carbonyl (C=O) groups excluding carboxylic acids is 1. The number of aryl methyl sites for hydroxylation is 3. The molecule has 2 aromatic carbocycles. The molecule has 0 aliphatic carbocycles. The molecule has 1 aliphatic heterocycles. The second-order valence-corrected chi connectivity index (χ2v) is 8.25. The van der Waals surface area contributed by atoms with Crippen LogP contribution in [-0.4, -0.2) is 59.6 Å². The molecule has 2 aromatic rings. The summed E-state index contributed by atoms with van der Waals surface area (Å²) < 4.78 is 0. The monoisotopic (exact) mass is 407 g/mol. The van der Waals surface area contributed by atoms with Crippen LogP contribution in [0.3, 0.4) is 0 Å². The number of aliphatic imine (C=N–C) groups is 1. The largest absolute Gasteiger partial charge is 0.507 e. The van der Waals surface area contributed by atoms with Crippen LogP contribution < -0.4 is 0 Å². The highest BCUT2D eigenvalue weighted by Crippen LogP contribution is 2.24. The number of hydrogen-bond acceptors (Lipinski definition) is 5. The molecule has 1 fully saturated rings. The number of aromatic hydroxyl groups is 1. The maximum Gasteiger partial charge on any atom is 0.187 e. The van der Waals surface area contributed by atoms with Crippen molar-refractivity contribution < 1.29 is 9.90 Å². The van der Waals surface area contributed by atoms with Crippen molar-refractivity contribution in [2.24, 2.45) is 4.99 Å². The predicted octanol–water partition coefficient (Wildman–Crippen LogP) is 3.53. The lowest BCUT2D eigenvalue weighted by molar-refractivity contribution is -0.114. The fourth-order valence-electron chi connectivity index (χ4n) is 3.92. The average Bonchev–Trinajstić information content (AvgIpc) is 2.73. The van der Waals surface area contributed by atoms with E-state index in [1.54, 1.807) is 0 Å². The molecular formula is C25H33N3O2. The van der Waals surface area contributed by atoms with E-state index in [-0.39, 0.29) is 11.5 Å². The zero-order chi connectivity index (χ0) is 21.5. The van der Waals surface area contributed by atoms with E-state index < -0.39 is 0 Å². The van der Waals surface area contributed by atoms with Crippen molar-refractivity contribution >= 4 is 12.0 Å². The van der Waals surface area contributed by atoms with Crippen molar-refractivity contribution in [1.82, 2.24) is 9.80 Å². The molecule has 0 spiro atoms. The molecule has 0 amide bonds. The number of hydrogen-bond donors (Lipinski definition) is 1. The Morgan fingerprint density at radius 1 is 1.03 bits per heavy atom. The van der Waals surface area contributed by atoms with E-state index in [4.69, 9.17) is 0 Å². The van der Waals surface area contributed by atoms with Crippen molar-refractivity contribution in [3.05, 3.63) is 64.2 Å². The van der Waals surface area contributed by atoms with Crippen LogP contribution in [0.2, 0.25) is 0 Å². The van der Waals surface area contributed by atoms with Crippen LogP contribution in [0.15, 0.2) is 41.4 Å². The van der Waals surface area contributed by atoms with Gasteiger partial charge in [0.2, 0.25) is 0 Å². The highest BCUT2D eigenvalue weighted by atomic mass is 16.3. The SMILES string of the molecule is CCc1ccc(CN2CCN(CC(=O)C=NCc3cc(C)cc(C)c3O)CC2)cc1. The average molecular weight is 408 g/mol. The van der Waals surface area contributed by atoms with E-state index in [1.165, 1.54) is 17.3 Å². The van der Waals surface area contributed by atoms with Crippen molar-refractivity contribution in [2.45, 2.75) is 40.3 Å². The van der Waals surface area contributed by atoms with Gasteiger partial charge >= 0.3 is 0 Å². The Morgan fingerprint density at radius 3 is 2.33 bits per heavy atom. The summed E-state index contributed by atoms with van der Waals surface area (Å²) >= 11 is 0. The third-order valence-corrected chi connectivity index (χ3v) is 5.70. The molecule has 0 radical (unpaired) electrons. The molecule has 30 heavy (non-hydrogen) atoms. The second-order valence-electron chi connectivity index (χ2n) is 8.25. The summed E-state index contributed by atoms with van der Waals surface area (Å²) in [5, 5.41) is 10.1. The molecule has 5 heteroatoms. The highest BCUT2D eigenvalue weighted by Gasteiger charge is 2.18. The number of phenols is 1. The quantitative estimate of drug-likeness (QED) is 0.680. The van der Waals surface area contributed by atoms with Gasteiger partial charge < -0.3 is 5.11 Å². The Bertz CT molecular complexity index is 882. The van der Waals surface area contributed by atoms with Crippen LogP contribution in [0.25, 0.3) is 0 Å². The molecular weight excluding hydrogens is 374 g/mol. The zero-order valence-corrected chi connectivity index (χ0v) is 18.4. The van der Waals surface area contributed by atoms with E-state index in [0.717, 1.165) is 55.8 Å². The Labute approximate surface area is 180 Å². The van der Waals surface area contributed by atoms with E-state index in [9.17, 15) is 9.90 Å². The normalized spacial score (nSPS) is 15.7. The number of rotatable bonds is 8. The summed E-state index contributed by atoms with van der Waals surface area (Å²) in [5.74, 6) is 0.285. The minimum absolute atomic E-state index is 0.0162. The van der Waals surface area contributed by atoms with Crippen LogP contribution in [0.5, 0.6) is 5.75 Å². The summed E-state index contributed by atoms with van der Waals surface area (Å²) in [6.07, 6.45) is 2.49. The minimum atomic E-state index is 0.0162. The Kier molecular flexibility index (Phi) is 7.77. The maximum atomic E-state index is 12.3. The molecule has 1 N–H and O–H groups in total. The first-order valence-corrected chi connectivity index (χ1v) is 10.8. The lowest BCUT2D eigenvalue weighted by Gasteiger charge is -2.34. The molecule has 0 saturated carbocycles. The van der Waals surface area contributed by atoms with Gasteiger partial charge in [0.15, 0.2) is 5.78 Å². The molecule has 0 bridgehead atoms. The van der Waals surface area contributed by atoms with Gasteiger partial charge in [-0.3, -0.25) is 19.6 Å². The summed E-state index contributed by atoms with van der Waals surface area (Å²) in [7, 11) is 0. The van der Waals surface area contributed by atoms with Crippen molar-refractivity contribution in [3.8, 4) is 5.75 Å². The van der Waals surface area contributed by atoms with E-state index in [2.05, 4.69) is 46.0 Å². The molecule has 1 saturated heterocycles. The van der Waals surface area contributed by atoms with E-state index >= 15 is 0 Å². The highest BCUT2D eigenvalue weighted by molar-refractivity contribution is 6.28. The summed E-state index contributed by atoms with van der Waals surface area (Å²) in [6, 6.07) is 12.7. The lowest BCUT2D eigenvalue weighted by Crippen LogP contribution is -2.47. The standard InChI is InChI=1S/C25H33N3O2/c1-4-21-5-7-22(8-6-21)17-27-9-11-28(12-10-27)18-24(29)16-26-15-23-14-19(2)13-20(3)25(23)30/h5-8,13-14,16,30H,4,9-12,15,17-18H2,1-3H3. The predicted molar refractivity (Wildman–Crippen MR) is 122 cm³/mol. The second kappa shape index (κ2) is 10.5. The summed E-state index contributed by atoms with van der Waals surface area (Å²) in [5.41, 5.74) is 5.40. The van der Waals surface area contributed by atoms with Gasteiger partial charge in [-0.15, -0.1) is 0 Å². The topological polar surface area (TPSA) is 56.1 Å². The number of phenolic OH excluding ortho intramolecular Hbond substituents is 1. The van der Waals surface area contributed by atoms with Gasteiger partial charge in [-0.2, -0.15) is 0 Å². The fourth-order valence-corrected chi connectivity index (χ4v) is 3.92. The Hall–Kier alpha value is -2.50. The first-order chi connectivity index (χ1) is 14.4. The molecule has 0 aromatic heterocycles. The number of carbonyl (C=O) groups is 1. The van der Waals surface area contributed by atoms with Crippen molar-refractivity contribution in [2.75, 3.05) is 32.7 Å². The molecule has 160 valence electrons. The first-order valence-electron chi connectivity index (χ1n) is 10.8. The minimum Gasteiger partial charge on any atom is -0.507 e. The number of Topliss-reactive ketones (excluding diaryl/α,β-unsaturated/α-hetero) is 1. The molecule has 3 rings (SSSR count). The van der Waals surface area contributed by atoms with Gasteiger partial charge in [0, 0.05) is 38.3 Å². The van der Waals surface area contributed by atoms with Gasteiger partial charge in [-0.25, -0.2) is 0 Å². The molecule has 0 atom stereocenters. The van der Waals surface area contributed by atoms with E-state index in [0.29, 0.717) is 13.1 Å². The third kappa shape index (κ3) is 6.25. The van der Waals surface area contributed by atoms with Gasteiger partial charge in [-0.1, -0.05) is 48.9 Å². The van der Waals surface area contributed by atoms with Crippen LogP contribution in [0.4, 0.5) is 0 Å². The Morgan fingerprint density at radius 2 is 1.67 bits per heavy atom. The molecule has 1 heterocycles. The number of nitrogens with zero attached hydrogens (tertiary/aromatic N) is 3. The molecule has 0 unspecified atom stereocenters. The number of ketones is 1. The van der Waals surface area contributed by atoms with Crippen LogP contribution in [0, 0.1) is 13.8 Å². The van der Waals surface area contributed by atoms with Crippen molar-refractivity contribution in [1.29, 1.82) is 0 Å². The fraction of sp³-hybridized carbons (Fsp3) is 0.440. The van der Waals surface area contributed by atoms with Crippen molar-refractivity contribution in [3.63, 3.8) is 0 Å².